The number of aromatic nitrogens is 2. The number of hydrogen-bond acceptors (Lipinski definition) is 4. The average Bonchev–Trinajstić information content (AvgIpc) is 2.40. The van der Waals surface area contributed by atoms with Gasteiger partial charge < -0.3 is 10.1 Å². The van der Waals surface area contributed by atoms with Gasteiger partial charge in [-0.25, -0.2) is 14.4 Å². The summed E-state index contributed by atoms with van der Waals surface area (Å²) in [5, 5.41) is 2.92. The van der Waals surface area contributed by atoms with Crippen LogP contribution in [-0.4, -0.2) is 22.3 Å². The van der Waals surface area contributed by atoms with Gasteiger partial charge in [-0.15, -0.1) is 0 Å². The number of carbonyl (C=O) groups excluding carboxylic acids is 1. The maximum atomic E-state index is 12.8. The standard InChI is InChI=1S/C13H12FN3O/c1-9(7-18)17-13-6-12(15-8-16-13)10-2-4-11(14)5-3-10/h2-9H,1H3,(H,15,16,17)/t9-/m1/s1. The van der Waals surface area contributed by atoms with Crippen molar-refractivity contribution in [3.8, 4) is 11.3 Å². The minimum Gasteiger partial charge on any atom is -0.361 e. The Morgan fingerprint density at radius 2 is 2.00 bits per heavy atom. The van der Waals surface area contributed by atoms with E-state index in [9.17, 15) is 9.18 Å². The van der Waals surface area contributed by atoms with Gasteiger partial charge in [0.1, 0.15) is 24.2 Å². The molecule has 0 aliphatic heterocycles. The van der Waals surface area contributed by atoms with Crippen LogP contribution in [-0.2, 0) is 4.79 Å². The van der Waals surface area contributed by atoms with Crippen molar-refractivity contribution in [1.29, 1.82) is 0 Å². The fourth-order valence-electron chi connectivity index (χ4n) is 1.48. The van der Waals surface area contributed by atoms with Crippen molar-refractivity contribution in [3.63, 3.8) is 0 Å². The molecule has 5 heteroatoms. The number of nitrogens with zero attached hydrogens (tertiary/aromatic N) is 2. The molecule has 2 aromatic rings. The highest BCUT2D eigenvalue weighted by atomic mass is 19.1. The van der Waals surface area contributed by atoms with Crippen LogP contribution in [0.2, 0.25) is 0 Å². The molecule has 0 saturated heterocycles. The first-order chi connectivity index (χ1) is 8.69. The van der Waals surface area contributed by atoms with Gasteiger partial charge in [-0.3, -0.25) is 0 Å². The number of anilines is 1. The topological polar surface area (TPSA) is 54.9 Å². The molecule has 2 rings (SSSR count). The van der Waals surface area contributed by atoms with Gasteiger partial charge in [0.15, 0.2) is 0 Å². The highest BCUT2D eigenvalue weighted by molar-refractivity contribution is 5.66. The summed E-state index contributed by atoms with van der Waals surface area (Å²) >= 11 is 0. The maximum Gasteiger partial charge on any atom is 0.141 e. The second-order valence-corrected chi connectivity index (χ2v) is 3.86. The zero-order valence-corrected chi connectivity index (χ0v) is 9.80. The Morgan fingerprint density at radius 3 is 2.67 bits per heavy atom. The Balaban J connectivity index is 2.26. The van der Waals surface area contributed by atoms with Crippen LogP contribution < -0.4 is 5.32 Å². The molecule has 1 heterocycles. The van der Waals surface area contributed by atoms with E-state index in [4.69, 9.17) is 0 Å². The monoisotopic (exact) mass is 245 g/mol. The van der Waals surface area contributed by atoms with Gasteiger partial charge in [0.05, 0.1) is 11.7 Å². The third-order valence-electron chi connectivity index (χ3n) is 2.39. The number of carbonyl (C=O) groups is 1. The first-order valence-corrected chi connectivity index (χ1v) is 5.49. The van der Waals surface area contributed by atoms with Crippen LogP contribution in [0.4, 0.5) is 10.2 Å². The molecule has 1 aromatic heterocycles. The predicted octanol–water partition coefficient (Wildman–Crippen LogP) is 2.28. The fraction of sp³-hybridized carbons (Fsp3) is 0.154. The lowest BCUT2D eigenvalue weighted by atomic mass is 10.1. The van der Waals surface area contributed by atoms with Gasteiger partial charge in [-0.2, -0.15) is 0 Å². The molecule has 0 radical (unpaired) electrons. The number of halogens is 1. The summed E-state index contributed by atoms with van der Waals surface area (Å²) in [5.74, 6) is 0.268. The van der Waals surface area contributed by atoms with Crippen LogP contribution in [0.1, 0.15) is 6.92 Å². The molecule has 18 heavy (non-hydrogen) atoms. The molecular formula is C13H12FN3O. The SMILES string of the molecule is C[C@H](C=O)Nc1cc(-c2ccc(F)cc2)ncn1. The predicted molar refractivity (Wildman–Crippen MR) is 66.6 cm³/mol. The molecule has 1 aromatic carbocycles. The second-order valence-electron chi connectivity index (χ2n) is 3.86. The minimum atomic E-state index is -0.319. The summed E-state index contributed by atoms with van der Waals surface area (Å²) in [6, 6.07) is 7.43. The van der Waals surface area contributed by atoms with Crippen molar-refractivity contribution in [1.82, 2.24) is 9.97 Å². The van der Waals surface area contributed by atoms with E-state index in [2.05, 4.69) is 15.3 Å². The smallest absolute Gasteiger partial charge is 0.141 e. The summed E-state index contributed by atoms with van der Waals surface area (Å²) in [6.07, 6.45) is 2.19. The Morgan fingerprint density at radius 1 is 1.28 bits per heavy atom. The molecular weight excluding hydrogens is 233 g/mol. The van der Waals surface area contributed by atoms with E-state index in [1.807, 2.05) is 0 Å². The Hall–Kier alpha value is -2.30. The van der Waals surface area contributed by atoms with E-state index in [-0.39, 0.29) is 11.9 Å². The Kier molecular flexibility index (Phi) is 3.62. The van der Waals surface area contributed by atoms with E-state index < -0.39 is 0 Å². The number of benzene rings is 1. The highest BCUT2D eigenvalue weighted by Crippen LogP contribution is 2.19. The molecule has 0 aliphatic carbocycles. The number of nitrogens with one attached hydrogen (secondary N) is 1. The van der Waals surface area contributed by atoms with Crippen molar-refractivity contribution in [2.24, 2.45) is 0 Å². The van der Waals surface area contributed by atoms with E-state index in [1.54, 1.807) is 25.1 Å². The molecule has 0 amide bonds. The van der Waals surface area contributed by atoms with Crippen molar-refractivity contribution in [2.45, 2.75) is 13.0 Å². The third-order valence-corrected chi connectivity index (χ3v) is 2.39. The first kappa shape index (κ1) is 12.2. The zero-order valence-electron chi connectivity index (χ0n) is 9.80. The van der Waals surface area contributed by atoms with Crippen molar-refractivity contribution in [3.05, 3.63) is 42.5 Å². The average molecular weight is 245 g/mol. The van der Waals surface area contributed by atoms with Crippen LogP contribution in [0.5, 0.6) is 0 Å². The van der Waals surface area contributed by atoms with Crippen LogP contribution in [0.25, 0.3) is 11.3 Å². The zero-order chi connectivity index (χ0) is 13.0. The lowest BCUT2D eigenvalue weighted by Crippen LogP contribution is -2.17. The minimum absolute atomic E-state index is 0.291. The Labute approximate surface area is 104 Å². The maximum absolute atomic E-state index is 12.8. The van der Waals surface area contributed by atoms with E-state index in [0.29, 0.717) is 11.5 Å². The van der Waals surface area contributed by atoms with Crippen molar-refractivity contribution in [2.75, 3.05) is 5.32 Å². The molecule has 1 atom stereocenters. The summed E-state index contributed by atoms with van der Waals surface area (Å²) in [5.41, 5.74) is 1.46. The summed E-state index contributed by atoms with van der Waals surface area (Å²) < 4.78 is 12.8. The normalized spacial score (nSPS) is 11.9. The molecule has 0 saturated carbocycles. The molecule has 0 aliphatic rings. The van der Waals surface area contributed by atoms with Crippen LogP contribution in [0, 0.1) is 5.82 Å². The number of hydrogen-bond donors (Lipinski definition) is 1. The molecule has 0 unspecified atom stereocenters. The summed E-state index contributed by atoms with van der Waals surface area (Å²) in [6.45, 7) is 1.73. The first-order valence-electron chi connectivity index (χ1n) is 5.49. The fourth-order valence-corrected chi connectivity index (χ4v) is 1.48. The van der Waals surface area contributed by atoms with Crippen LogP contribution in [0.15, 0.2) is 36.7 Å². The third kappa shape index (κ3) is 2.88. The Bertz CT molecular complexity index is 542. The van der Waals surface area contributed by atoms with Crippen molar-refractivity contribution >= 4 is 12.1 Å². The van der Waals surface area contributed by atoms with Crippen LogP contribution >= 0.6 is 0 Å². The molecule has 0 spiro atoms. The highest BCUT2D eigenvalue weighted by Gasteiger charge is 2.04. The summed E-state index contributed by atoms with van der Waals surface area (Å²) in [4.78, 5) is 18.7. The lowest BCUT2D eigenvalue weighted by molar-refractivity contribution is -0.108. The van der Waals surface area contributed by atoms with E-state index in [1.165, 1.54) is 18.5 Å². The number of aldehydes is 1. The largest absolute Gasteiger partial charge is 0.361 e. The quantitative estimate of drug-likeness (QED) is 0.839. The second kappa shape index (κ2) is 5.35. The molecule has 92 valence electrons. The molecule has 0 bridgehead atoms. The number of rotatable bonds is 4. The van der Waals surface area contributed by atoms with Crippen LogP contribution in [0.3, 0.4) is 0 Å². The van der Waals surface area contributed by atoms with E-state index in [0.717, 1.165) is 11.8 Å². The van der Waals surface area contributed by atoms with Gasteiger partial charge >= 0.3 is 0 Å². The molecule has 1 N–H and O–H groups in total. The summed E-state index contributed by atoms with van der Waals surface area (Å²) in [7, 11) is 0. The lowest BCUT2D eigenvalue weighted by Gasteiger charge is -2.08. The van der Waals surface area contributed by atoms with Gasteiger partial charge in [-0.05, 0) is 31.2 Å². The van der Waals surface area contributed by atoms with Gasteiger partial charge in [0, 0.05) is 11.6 Å². The van der Waals surface area contributed by atoms with Gasteiger partial charge in [0.25, 0.3) is 0 Å². The molecule has 0 fully saturated rings. The van der Waals surface area contributed by atoms with Gasteiger partial charge in [-0.1, -0.05) is 0 Å². The van der Waals surface area contributed by atoms with Crippen molar-refractivity contribution < 1.29 is 9.18 Å². The van der Waals surface area contributed by atoms with Gasteiger partial charge in [0.2, 0.25) is 0 Å². The molecule has 4 nitrogen and oxygen atoms in total. The van der Waals surface area contributed by atoms with E-state index >= 15 is 0 Å².